The number of ether oxygens (including phenoxy) is 2. The van der Waals surface area contributed by atoms with Crippen molar-refractivity contribution in [1.82, 2.24) is 0 Å². The Balaban J connectivity index is 1.83. The maximum atomic E-state index is 12.5. The van der Waals surface area contributed by atoms with Gasteiger partial charge in [-0.1, -0.05) is 139 Å². The van der Waals surface area contributed by atoms with Gasteiger partial charge >= 0.3 is 6.16 Å². The molecule has 0 saturated heterocycles. The largest absolute Gasteiger partial charge is 0.508 e. The lowest BCUT2D eigenvalue weighted by atomic mass is 9.93. The van der Waals surface area contributed by atoms with Crippen molar-refractivity contribution in [1.29, 1.82) is 0 Å². The summed E-state index contributed by atoms with van der Waals surface area (Å²) < 4.78 is 11.2. The third-order valence-electron chi connectivity index (χ3n) is 6.66. The topological polar surface area (TPSA) is 35.5 Å². The van der Waals surface area contributed by atoms with Gasteiger partial charge in [0.05, 0.1) is 0 Å². The average molecular weight is 467 g/mol. The quantitative estimate of drug-likeness (QED) is 0.162. The molecule has 3 nitrogen and oxygen atoms in total. The molecule has 0 amide bonds. The third kappa shape index (κ3) is 11.7. The summed E-state index contributed by atoms with van der Waals surface area (Å²) >= 11 is 0. The van der Waals surface area contributed by atoms with Gasteiger partial charge in [-0.2, -0.15) is 0 Å². The fraction of sp³-hybridized carbons (Fsp3) is 0.581. The van der Waals surface area contributed by atoms with Crippen LogP contribution in [-0.4, -0.2) is 19.4 Å². The zero-order chi connectivity index (χ0) is 24.3. The molecule has 188 valence electrons. The second kappa shape index (κ2) is 18.1. The molecular weight excluding hydrogens is 420 g/mol. The Bertz CT molecular complexity index is 680. The van der Waals surface area contributed by atoms with E-state index in [9.17, 15) is 4.79 Å². The first-order valence-corrected chi connectivity index (χ1v) is 13.6. The molecule has 3 heteroatoms. The van der Waals surface area contributed by atoms with E-state index >= 15 is 0 Å². The molecule has 0 spiro atoms. The van der Waals surface area contributed by atoms with E-state index in [-0.39, 0.29) is 11.8 Å². The van der Waals surface area contributed by atoms with Gasteiger partial charge in [-0.15, -0.1) is 0 Å². The maximum absolute atomic E-state index is 12.5. The third-order valence-corrected chi connectivity index (χ3v) is 6.66. The predicted octanol–water partition coefficient (Wildman–Crippen LogP) is 9.43. The Morgan fingerprint density at radius 3 is 1.35 bits per heavy atom. The lowest BCUT2D eigenvalue weighted by Gasteiger charge is -2.20. The highest BCUT2D eigenvalue weighted by molar-refractivity contribution is 5.60. The molecule has 2 unspecified atom stereocenters. The van der Waals surface area contributed by atoms with Crippen LogP contribution in [-0.2, 0) is 9.47 Å². The van der Waals surface area contributed by atoms with Crippen molar-refractivity contribution in [2.24, 2.45) is 0 Å². The Hall–Kier alpha value is -2.29. The van der Waals surface area contributed by atoms with E-state index in [2.05, 4.69) is 62.4 Å². The van der Waals surface area contributed by atoms with E-state index in [1.165, 1.54) is 62.5 Å². The van der Waals surface area contributed by atoms with E-state index in [1.807, 2.05) is 12.1 Å². The molecule has 0 radical (unpaired) electrons. The van der Waals surface area contributed by atoms with Crippen LogP contribution in [0.5, 0.6) is 0 Å². The molecule has 0 aromatic heterocycles. The van der Waals surface area contributed by atoms with Crippen LogP contribution < -0.4 is 0 Å². The van der Waals surface area contributed by atoms with Gasteiger partial charge in [-0.05, 0) is 24.0 Å². The summed E-state index contributed by atoms with van der Waals surface area (Å²) in [5, 5.41) is 0. The predicted molar refractivity (Wildman–Crippen MR) is 142 cm³/mol. The number of carbonyl (C=O) groups excluding carboxylic acids is 1. The van der Waals surface area contributed by atoms with Crippen molar-refractivity contribution in [3.05, 3.63) is 71.8 Å². The van der Waals surface area contributed by atoms with Crippen LogP contribution in [0.3, 0.4) is 0 Å². The van der Waals surface area contributed by atoms with Crippen LogP contribution in [0.15, 0.2) is 60.7 Å². The molecule has 0 bridgehead atoms. The molecule has 0 saturated carbocycles. The molecule has 2 aromatic rings. The van der Waals surface area contributed by atoms with Gasteiger partial charge in [0.25, 0.3) is 0 Å². The Morgan fingerprint density at radius 1 is 0.588 bits per heavy atom. The van der Waals surface area contributed by atoms with Gasteiger partial charge < -0.3 is 9.47 Å². The van der Waals surface area contributed by atoms with Gasteiger partial charge in [0.1, 0.15) is 13.2 Å². The molecule has 0 aliphatic carbocycles. The Morgan fingerprint density at radius 2 is 0.971 bits per heavy atom. The monoisotopic (exact) mass is 466 g/mol. The number of hydrogen-bond donors (Lipinski definition) is 0. The van der Waals surface area contributed by atoms with Crippen LogP contribution in [0.4, 0.5) is 4.79 Å². The van der Waals surface area contributed by atoms with Crippen molar-refractivity contribution in [3.8, 4) is 0 Å². The van der Waals surface area contributed by atoms with Crippen molar-refractivity contribution in [2.45, 2.75) is 103 Å². The SMILES string of the molecule is CCCCCCCC(COC(=O)OCC(CCCCCCC)c1ccccc1)c1ccccc1. The van der Waals surface area contributed by atoms with Crippen LogP contribution in [0.25, 0.3) is 0 Å². The summed E-state index contributed by atoms with van der Waals surface area (Å²) in [7, 11) is 0. The first kappa shape index (κ1) is 28.0. The van der Waals surface area contributed by atoms with E-state index in [0.717, 1.165) is 25.7 Å². The molecule has 2 aromatic carbocycles. The summed E-state index contributed by atoms with van der Waals surface area (Å²) in [4.78, 5) is 12.5. The van der Waals surface area contributed by atoms with Gasteiger partial charge in [0.2, 0.25) is 0 Å². The lowest BCUT2D eigenvalue weighted by molar-refractivity contribution is 0.0452. The van der Waals surface area contributed by atoms with E-state index in [0.29, 0.717) is 13.2 Å². The van der Waals surface area contributed by atoms with Crippen LogP contribution in [0.2, 0.25) is 0 Å². The maximum Gasteiger partial charge on any atom is 0.508 e. The number of hydrogen-bond acceptors (Lipinski definition) is 3. The second-order valence-corrected chi connectivity index (χ2v) is 9.49. The molecule has 2 rings (SSSR count). The van der Waals surface area contributed by atoms with Crippen LogP contribution in [0, 0.1) is 0 Å². The number of carbonyl (C=O) groups is 1. The molecule has 0 N–H and O–H groups in total. The second-order valence-electron chi connectivity index (χ2n) is 9.49. The Labute approximate surface area is 208 Å². The standard InChI is InChI=1S/C31H46O3/c1-3-5-7-9-13-23-29(27-19-15-11-16-20-27)25-33-31(32)34-26-30(24-14-10-8-6-4-2)28-21-17-12-18-22-28/h11-12,15-22,29-30H,3-10,13-14,23-26H2,1-2H3. The minimum Gasteiger partial charge on any atom is -0.434 e. The molecule has 0 aliphatic rings. The van der Waals surface area contributed by atoms with Crippen molar-refractivity contribution in [3.63, 3.8) is 0 Å². The lowest BCUT2D eigenvalue weighted by Crippen LogP contribution is -2.17. The fourth-order valence-electron chi connectivity index (χ4n) is 4.51. The normalized spacial score (nSPS) is 12.8. The summed E-state index contributed by atoms with van der Waals surface area (Å²) in [5.41, 5.74) is 2.47. The number of benzene rings is 2. The zero-order valence-electron chi connectivity index (χ0n) is 21.6. The first-order chi connectivity index (χ1) is 16.7. The van der Waals surface area contributed by atoms with Gasteiger partial charge in [0, 0.05) is 11.8 Å². The summed E-state index contributed by atoms with van der Waals surface area (Å²) in [5.74, 6) is 0.442. The average Bonchev–Trinajstić information content (AvgIpc) is 2.88. The summed E-state index contributed by atoms with van der Waals surface area (Å²) in [6.45, 7) is 5.23. The van der Waals surface area contributed by atoms with Gasteiger partial charge in [-0.25, -0.2) is 4.79 Å². The first-order valence-electron chi connectivity index (χ1n) is 13.6. The molecule has 34 heavy (non-hydrogen) atoms. The fourth-order valence-corrected chi connectivity index (χ4v) is 4.51. The number of unbranched alkanes of at least 4 members (excludes halogenated alkanes) is 8. The molecule has 0 aliphatic heterocycles. The molecule has 0 heterocycles. The smallest absolute Gasteiger partial charge is 0.434 e. The van der Waals surface area contributed by atoms with E-state index in [1.54, 1.807) is 0 Å². The van der Waals surface area contributed by atoms with Crippen LogP contribution >= 0.6 is 0 Å². The van der Waals surface area contributed by atoms with Gasteiger partial charge in [-0.3, -0.25) is 0 Å². The Kier molecular flexibility index (Phi) is 14.9. The van der Waals surface area contributed by atoms with Crippen molar-refractivity contribution >= 4 is 6.16 Å². The van der Waals surface area contributed by atoms with Crippen LogP contribution in [0.1, 0.15) is 114 Å². The number of rotatable bonds is 18. The minimum atomic E-state index is -0.543. The highest BCUT2D eigenvalue weighted by atomic mass is 16.7. The van der Waals surface area contributed by atoms with E-state index in [4.69, 9.17) is 9.47 Å². The molecule has 0 fully saturated rings. The van der Waals surface area contributed by atoms with Gasteiger partial charge in [0.15, 0.2) is 0 Å². The zero-order valence-corrected chi connectivity index (χ0v) is 21.6. The molecule has 2 atom stereocenters. The summed E-state index contributed by atoms with van der Waals surface area (Å²) in [6, 6.07) is 20.8. The minimum absolute atomic E-state index is 0.221. The van der Waals surface area contributed by atoms with Crippen molar-refractivity contribution < 1.29 is 14.3 Å². The summed E-state index contributed by atoms with van der Waals surface area (Å²) in [6.07, 6.45) is 13.9. The van der Waals surface area contributed by atoms with Crippen molar-refractivity contribution in [2.75, 3.05) is 13.2 Å². The van der Waals surface area contributed by atoms with E-state index < -0.39 is 6.16 Å². The highest BCUT2D eigenvalue weighted by Crippen LogP contribution is 2.25. The highest BCUT2D eigenvalue weighted by Gasteiger charge is 2.18. The molecular formula is C31H46O3.